The van der Waals surface area contributed by atoms with Gasteiger partial charge in [0.1, 0.15) is 9.88 Å². The fourth-order valence-corrected chi connectivity index (χ4v) is 3.75. The Balaban J connectivity index is 1.39. The molecule has 0 aliphatic carbocycles. The van der Waals surface area contributed by atoms with Gasteiger partial charge in [-0.25, -0.2) is 4.98 Å². The minimum Gasteiger partial charge on any atom is -0.454 e. The molecule has 0 unspecified atom stereocenters. The number of hydrogen-bond acceptors (Lipinski definition) is 6. The van der Waals surface area contributed by atoms with E-state index in [0.717, 1.165) is 22.6 Å². The summed E-state index contributed by atoms with van der Waals surface area (Å²) in [4.78, 5) is 21.1. The van der Waals surface area contributed by atoms with Crippen molar-refractivity contribution in [3.8, 4) is 22.1 Å². The third-order valence-corrected chi connectivity index (χ3v) is 5.33. The summed E-state index contributed by atoms with van der Waals surface area (Å²) in [5, 5.41) is 3.75. The fourth-order valence-electron chi connectivity index (χ4n) is 2.55. The predicted molar refractivity (Wildman–Crippen MR) is 99.0 cm³/mol. The number of thiazole rings is 1. The van der Waals surface area contributed by atoms with Gasteiger partial charge in [-0.2, -0.15) is 0 Å². The number of pyridine rings is 1. The van der Waals surface area contributed by atoms with Crippen molar-refractivity contribution in [3.05, 3.63) is 58.3 Å². The number of ether oxygens (including phenoxy) is 2. The molecule has 2 aromatic heterocycles. The monoisotopic (exact) mass is 387 g/mol. The molecule has 26 heavy (non-hydrogen) atoms. The summed E-state index contributed by atoms with van der Waals surface area (Å²) in [6, 6.07) is 9.45. The van der Waals surface area contributed by atoms with Gasteiger partial charge in [0.05, 0.1) is 0 Å². The number of nitrogens with one attached hydrogen (secondary N) is 1. The molecule has 3 aromatic rings. The van der Waals surface area contributed by atoms with Crippen molar-refractivity contribution in [2.45, 2.75) is 6.42 Å². The van der Waals surface area contributed by atoms with Crippen molar-refractivity contribution in [1.82, 2.24) is 15.3 Å². The number of halogens is 1. The van der Waals surface area contributed by atoms with Crippen LogP contribution >= 0.6 is 22.9 Å². The van der Waals surface area contributed by atoms with Gasteiger partial charge in [-0.05, 0) is 36.2 Å². The number of carbonyl (C=O) groups is 1. The first-order valence-electron chi connectivity index (χ1n) is 7.94. The molecule has 1 N–H and O–H groups in total. The van der Waals surface area contributed by atoms with E-state index in [1.807, 2.05) is 30.3 Å². The number of hydrogen-bond donors (Lipinski definition) is 1. The second-order valence-corrected chi connectivity index (χ2v) is 6.93. The molecule has 0 atom stereocenters. The topological polar surface area (TPSA) is 73.3 Å². The zero-order valence-electron chi connectivity index (χ0n) is 13.6. The third-order valence-electron chi connectivity index (χ3n) is 3.84. The smallest absolute Gasteiger partial charge is 0.264 e. The SMILES string of the molecule is O=C(NCCc1ccc2c(c1)OCO2)c1sc(-c2cccnc2)nc1Cl. The van der Waals surface area contributed by atoms with E-state index in [4.69, 9.17) is 21.1 Å². The molecule has 0 radical (unpaired) electrons. The maximum Gasteiger partial charge on any atom is 0.264 e. The molecule has 0 saturated carbocycles. The van der Waals surface area contributed by atoms with Crippen LogP contribution < -0.4 is 14.8 Å². The van der Waals surface area contributed by atoms with Crippen molar-refractivity contribution in [2.24, 2.45) is 0 Å². The summed E-state index contributed by atoms with van der Waals surface area (Å²) >= 11 is 7.39. The molecule has 1 amide bonds. The van der Waals surface area contributed by atoms with E-state index in [0.29, 0.717) is 22.9 Å². The quantitative estimate of drug-likeness (QED) is 0.724. The summed E-state index contributed by atoms with van der Waals surface area (Å²) in [6.45, 7) is 0.730. The van der Waals surface area contributed by atoms with Crippen LogP contribution in [0, 0.1) is 0 Å². The molecule has 0 fully saturated rings. The molecule has 0 bridgehead atoms. The zero-order chi connectivity index (χ0) is 17.9. The van der Waals surface area contributed by atoms with Crippen molar-refractivity contribution >= 4 is 28.8 Å². The highest BCUT2D eigenvalue weighted by molar-refractivity contribution is 7.17. The standard InChI is InChI=1S/C18H14ClN3O3S/c19-16-15(26-18(22-16)12-2-1-6-20-9-12)17(23)21-7-5-11-3-4-13-14(8-11)25-10-24-13/h1-4,6,8-9H,5,7,10H2,(H,21,23). The summed E-state index contributed by atoms with van der Waals surface area (Å²) in [7, 11) is 0. The Morgan fingerprint density at radius 2 is 2.15 bits per heavy atom. The molecule has 8 heteroatoms. The van der Waals surface area contributed by atoms with E-state index >= 15 is 0 Å². The largest absolute Gasteiger partial charge is 0.454 e. The van der Waals surface area contributed by atoms with E-state index in [1.54, 1.807) is 12.4 Å². The highest BCUT2D eigenvalue weighted by atomic mass is 35.5. The molecular formula is C18H14ClN3O3S. The van der Waals surface area contributed by atoms with Crippen molar-refractivity contribution in [3.63, 3.8) is 0 Å². The van der Waals surface area contributed by atoms with Crippen LogP contribution in [0.5, 0.6) is 11.5 Å². The van der Waals surface area contributed by atoms with Crippen molar-refractivity contribution in [2.75, 3.05) is 13.3 Å². The minimum absolute atomic E-state index is 0.203. The first-order valence-corrected chi connectivity index (χ1v) is 9.13. The van der Waals surface area contributed by atoms with E-state index in [1.165, 1.54) is 11.3 Å². The molecule has 132 valence electrons. The first kappa shape index (κ1) is 16.8. The van der Waals surface area contributed by atoms with Gasteiger partial charge >= 0.3 is 0 Å². The highest BCUT2D eigenvalue weighted by Gasteiger charge is 2.18. The normalized spacial score (nSPS) is 12.2. The van der Waals surface area contributed by atoms with Crippen LogP contribution in [0.3, 0.4) is 0 Å². The maximum atomic E-state index is 12.4. The fraction of sp³-hybridized carbons (Fsp3) is 0.167. The summed E-state index contributed by atoms with van der Waals surface area (Å²) in [6.07, 6.45) is 4.05. The Bertz CT molecular complexity index is 946. The van der Waals surface area contributed by atoms with Crippen molar-refractivity contribution in [1.29, 1.82) is 0 Å². The van der Waals surface area contributed by atoms with Gasteiger partial charge in [-0.15, -0.1) is 11.3 Å². The van der Waals surface area contributed by atoms with Crippen LogP contribution in [-0.4, -0.2) is 29.2 Å². The molecule has 0 spiro atoms. The zero-order valence-corrected chi connectivity index (χ0v) is 15.1. The molecule has 1 aliphatic rings. The van der Waals surface area contributed by atoms with Gasteiger partial charge in [0, 0.05) is 24.5 Å². The number of rotatable bonds is 5. The van der Waals surface area contributed by atoms with E-state index in [9.17, 15) is 4.79 Å². The van der Waals surface area contributed by atoms with Gasteiger partial charge in [-0.3, -0.25) is 9.78 Å². The lowest BCUT2D eigenvalue weighted by Crippen LogP contribution is -2.25. The second kappa shape index (κ2) is 7.31. The average Bonchev–Trinajstić information content (AvgIpc) is 3.28. The van der Waals surface area contributed by atoms with Gasteiger partial charge < -0.3 is 14.8 Å². The van der Waals surface area contributed by atoms with Crippen LogP contribution in [0.25, 0.3) is 10.6 Å². The Kier molecular flexibility index (Phi) is 4.73. The molecule has 1 aromatic carbocycles. The number of carbonyl (C=O) groups excluding carboxylic acids is 1. The Labute approximate surface area is 158 Å². The van der Waals surface area contributed by atoms with Gasteiger partial charge in [-0.1, -0.05) is 17.7 Å². The molecule has 0 saturated heterocycles. The molecule has 3 heterocycles. The summed E-state index contributed by atoms with van der Waals surface area (Å²) in [5.74, 6) is 1.25. The van der Waals surface area contributed by atoms with Crippen molar-refractivity contribution < 1.29 is 14.3 Å². The van der Waals surface area contributed by atoms with Gasteiger partial charge in [0.2, 0.25) is 6.79 Å². The van der Waals surface area contributed by atoms with E-state index in [2.05, 4.69) is 15.3 Å². The summed E-state index contributed by atoms with van der Waals surface area (Å²) in [5.41, 5.74) is 1.89. The van der Waals surface area contributed by atoms with Gasteiger partial charge in [0.15, 0.2) is 16.7 Å². The predicted octanol–water partition coefficient (Wildman–Crippen LogP) is 3.56. The lowest BCUT2D eigenvalue weighted by atomic mass is 10.1. The van der Waals surface area contributed by atoms with Gasteiger partial charge in [0.25, 0.3) is 5.91 Å². The third kappa shape index (κ3) is 3.49. The van der Waals surface area contributed by atoms with Crippen LogP contribution in [-0.2, 0) is 6.42 Å². The molecular weight excluding hydrogens is 374 g/mol. The number of benzene rings is 1. The first-order chi connectivity index (χ1) is 12.7. The lowest BCUT2D eigenvalue weighted by molar-refractivity contribution is 0.0958. The molecule has 1 aliphatic heterocycles. The summed E-state index contributed by atoms with van der Waals surface area (Å²) < 4.78 is 10.6. The maximum absolute atomic E-state index is 12.4. The number of nitrogens with zero attached hydrogens (tertiary/aromatic N) is 2. The molecule has 6 nitrogen and oxygen atoms in total. The molecule has 4 rings (SSSR count). The van der Waals surface area contributed by atoms with Crippen LogP contribution in [0.1, 0.15) is 15.2 Å². The van der Waals surface area contributed by atoms with Crippen LogP contribution in [0.4, 0.5) is 0 Å². The Hall–Kier alpha value is -2.64. The number of aromatic nitrogens is 2. The van der Waals surface area contributed by atoms with E-state index in [-0.39, 0.29) is 17.9 Å². The van der Waals surface area contributed by atoms with Crippen LogP contribution in [0.15, 0.2) is 42.7 Å². The lowest BCUT2D eigenvalue weighted by Gasteiger charge is -2.05. The van der Waals surface area contributed by atoms with E-state index < -0.39 is 0 Å². The Morgan fingerprint density at radius 1 is 1.27 bits per heavy atom. The average molecular weight is 388 g/mol. The highest BCUT2D eigenvalue weighted by Crippen LogP contribution is 2.33. The van der Waals surface area contributed by atoms with Crippen LogP contribution in [0.2, 0.25) is 5.15 Å². The number of fused-ring (bicyclic) bond motifs is 1. The second-order valence-electron chi connectivity index (χ2n) is 5.57. The number of amides is 1. The minimum atomic E-state index is -0.233. The Morgan fingerprint density at radius 3 is 3.00 bits per heavy atom.